The highest BCUT2D eigenvalue weighted by Crippen LogP contribution is 2.38. The molecule has 2 saturated heterocycles. The summed E-state index contributed by atoms with van der Waals surface area (Å²) in [7, 11) is 2.06. The van der Waals surface area contributed by atoms with Crippen LogP contribution in [0.1, 0.15) is 29.8 Å². The number of likely N-dealkylation sites (tertiary alicyclic amines) is 2. The predicted octanol–water partition coefficient (Wildman–Crippen LogP) is 0.842. The number of nitrogens with zero attached hydrogens (tertiary/aromatic N) is 3. The Kier molecular flexibility index (Phi) is 4.28. The van der Waals surface area contributed by atoms with Crippen LogP contribution in [0.2, 0.25) is 0 Å². The molecule has 2 aliphatic rings. The van der Waals surface area contributed by atoms with Crippen molar-refractivity contribution in [2.75, 3.05) is 33.2 Å². The Hall–Kier alpha value is -2.25. The van der Waals surface area contributed by atoms with E-state index in [4.69, 9.17) is 0 Å². The largest absolute Gasteiger partial charge is 0.392 e. The number of aromatic amines is 1. The first-order valence-electron chi connectivity index (χ1n) is 9.13. The molecule has 1 aromatic heterocycles. The second-order valence-electron chi connectivity index (χ2n) is 7.68. The van der Waals surface area contributed by atoms with Gasteiger partial charge in [-0.05, 0) is 32.4 Å². The number of fused-ring (bicyclic) bond motifs is 1. The van der Waals surface area contributed by atoms with E-state index in [1.165, 1.54) is 0 Å². The average molecular weight is 356 g/mol. The summed E-state index contributed by atoms with van der Waals surface area (Å²) >= 11 is 0. The van der Waals surface area contributed by atoms with E-state index in [2.05, 4.69) is 22.1 Å². The molecule has 138 valence electrons. The van der Waals surface area contributed by atoms with E-state index >= 15 is 0 Å². The zero-order valence-electron chi connectivity index (χ0n) is 14.9. The molecule has 0 radical (unpaired) electrons. The van der Waals surface area contributed by atoms with Gasteiger partial charge in [0.25, 0.3) is 11.5 Å². The summed E-state index contributed by atoms with van der Waals surface area (Å²) in [5.74, 6) is -0.183. The highest BCUT2D eigenvalue weighted by molar-refractivity contribution is 6.04. The summed E-state index contributed by atoms with van der Waals surface area (Å²) in [6.07, 6.45) is 2.12. The number of hydrogen-bond donors (Lipinski definition) is 2. The van der Waals surface area contributed by atoms with Crippen molar-refractivity contribution in [1.29, 1.82) is 0 Å². The molecule has 26 heavy (non-hydrogen) atoms. The second-order valence-corrected chi connectivity index (χ2v) is 7.68. The first kappa shape index (κ1) is 17.2. The van der Waals surface area contributed by atoms with Crippen molar-refractivity contribution >= 4 is 16.7 Å². The zero-order chi connectivity index (χ0) is 18.3. The maximum Gasteiger partial charge on any atom is 0.274 e. The van der Waals surface area contributed by atoms with Crippen LogP contribution in [0.5, 0.6) is 0 Å². The smallest absolute Gasteiger partial charge is 0.274 e. The molecule has 0 saturated carbocycles. The monoisotopic (exact) mass is 356 g/mol. The number of carbonyl (C=O) groups is 1. The van der Waals surface area contributed by atoms with Crippen LogP contribution in [-0.2, 0) is 0 Å². The van der Waals surface area contributed by atoms with Crippen LogP contribution < -0.4 is 5.56 Å². The van der Waals surface area contributed by atoms with Crippen molar-refractivity contribution in [3.8, 4) is 0 Å². The van der Waals surface area contributed by atoms with Gasteiger partial charge in [-0.1, -0.05) is 18.2 Å². The molecule has 2 aromatic rings. The number of carbonyl (C=O) groups excluding carboxylic acids is 1. The number of aliphatic hydroxyl groups excluding tert-OH is 1. The van der Waals surface area contributed by atoms with Gasteiger partial charge in [-0.15, -0.1) is 0 Å². The first-order chi connectivity index (χ1) is 12.5. The lowest BCUT2D eigenvalue weighted by Gasteiger charge is -2.50. The SMILES string of the molecule is CN1CC[C@H](O)[C@@]2(CCCN(C(=O)c3n[nH]c(=O)c4ccccc34)C2)C1. The summed E-state index contributed by atoms with van der Waals surface area (Å²) in [4.78, 5) is 29.2. The van der Waals surface area contributed by atoms with Crippen molar-refractivity contribution in [2.24, 2.45) is 5.41 Å². The highest BCUT2D eigenvalue weighted by atomic mass is 16.3. The molecule has 1 amide bonds. The maximum atomic E-state index is 13.2. The molecule has 2 aliphatic heterocycles. The van der Waals surface area contributed by atoms with Gasteiger partial charge in [-0.25, -0.2) is 5.10 Å². The van der Waals surface area contributed by atoms with Crippen LogP contribution >= 0.6 is 0 Å². The van der Waals surface area contributed by atoms with E-state index in [9.17, 15) is 14.7 Å². The van der Waals surface area contributed by atoms with Crippen LogP contribution in [-0.4, -0.2) is 70.3 Å². The van der Waals surface area contributed by atoms with Gasteiger partial charge in [0.05, 0.1) is 11.5 Å². The minimum Gasteiger partial charge on any atom is -0.392 e. The molecule has 0 aliphatic carbocycles. The molecule has 7 heteroatoms. The Morgan fingerprint density at radius 1 is 1.27 bits per heavy atom. The normalized spacial score (nSPS) is 27.2. The average Bonchev–Trinajstić information content (AvgIpc) is 2.65. The summed E-state index contributed by atoms with van der Waals surface area (Å²) in [5, 5.41) is 18.2. The molecule has 1 aromatic carbocycles. The zero-order valence-corrected chi connectivity index (χ0v) is 14.9. The van der Waals surface area contributed by atoms with E-state index in [1.54, 1.807) is 29.2 Å². The van der Waals surface area contributed by atoms with Crippen molar-refractivity contribution in [3.05, 3.63) is 40.3 Å². The van der Waals surface area contributed by atoms with Crippen molar-refractivity contribution in [2.45, 2.75) is 25.4 Å². The lowest BCUT2D eigenvalue weighted by Crippen LogP contribution is -2.59. The molecule has 3 heterocycles. The van der Waals surface area contributed by atoms with Crippen LogP contribution in [0.15, 0.2) is 29.1 Å². The lowest BCUT2D eigenvalue weighted by molar-refractivity contribution is -0.0731. The number of benzene rings is 1. The molecular formula is C19H24N4O3. The third kappa shape index (κ3) is 2.81. The van der Waals surface area contributed by atoms with Gasteiger partial charge in [0.15, 0.2) is 5.69 Å². The van der Waals surface area contributed by atoms with E-state index in [0.29, 0.717) is 23.9 Å². The summed E-state index contributed by atoms with van der Waals surface area (Å²) in [6.45, 7) is 2.83. The van der Waals surface area contributed by atoms with Gasteiger partial charge < -0.3 is 14.9 Å². The van der Waals surface area contributed by atoms with Crippen LogP contribution in [0.3, 0.4) is 0 Å². The molecule has 7 nitrogen and oxygen atoms in total. The van der Waals surface area contributed by atoms with Gasteiger partial charge in [-0.3, -0.25) is 9.59 Å². The second kappa shape index (κ2) is 6.48. The predicted molar refractivity (Wildman–Crippen MR) is 98.1 cm³/mol. The number of aromatic nitrogens is 2. The fourth-order valence-corrected chi connectivity index (χ4v) is 4.53. The Labute approximate surface area is 151 Å². The third-order valence-electron chi connectivity index (χ3n) is 5.87. The summed E-state index contributed by atoms with van der Waals surface area (Å²) in [5.41, 5.74) is -0.300. The lowest BCUT2D eigenvalue weighted by atomic mass is 9.71. The highest BCUT2D eigenvalue weighted by Gasteiger charge is 2.46. The van der Waals surface area contributed by atoms with Gasteiger partial charge in [0, 0.05) is 37.0 Å². The number of rotatable bonds is 1. The maximum absolute atomic E-state index is 13.2. The van der Waals surface area contributed by atoms with E-state index < -0.39 is 6.10 Å². The van der Waals surface area contributed by atoms with Crippen LogP contribution in [0, 0.1) is 5.41 Å². The van der Waals surface area contributed by atoms with Crippen molar-refractivity contribution < 1.29 is 9.90 Å². The fraction of sp³-hybridized carbons (Fsp3) is 0.526. The fourth-order valence-electron chi connectivity index (χ4n) is 4.53. The molecule has 0 bridgehead atoms. The Morgan fingerprint density at radius 3 is 2.85 bits per heavy atom. The number of aliphatic hydroxyl groups is 1. The van der Waals surface area contributed by atoms with E-state index in [1.807, 2.05) is 0 Å². The number of H-pyrrole nitrogens is 1. The molecular weight excluding hydrogens is 332 g/mol. The van der Waals surface area contributed by atoms with Gasteiger partial charge in [-0.2, -0.15) is 5.10 Å². The Bertz CT molecular complexity index is 896. The van der Waals surface area contributed by atoms with Gasteiger partial charge in [0.2, 0.25) is 0 Å². The summed E-state index contributed by atoms with van der Waals surface area (Å²) in [6, 6.07) is 7.03. The molecule has 2 N–H and O–H groups in total. The topological polar surface area (TPSA) is 89.5 Å². The molecule has 4 rings (SSSR count). The number of piperidine rings is 2. The molecule has 2 atom stereocenters. The van der Waals surface area contributed by atoms with Crippen molar-refractivity contribution in [1.82, 2.24) is 20.0 Å². The minimum absolute atomic E-state index is 0.183. The number of nitrogens with one attached hydrogen (secondary N) is 1. The van der Waals surface area contributed by atoms with Crippen LogP contribution in [0.4, 0.5) is 0 Å². The van der Waals surface area contributed by atoms with E-state index in [-0.39, 0.29) is 22.6 Å². The Morgan fingerprint density at radius 2 is 2.04 bits per heavy atom. The first-order valence-corrected chi connectivity index (χ1v) is 9.13. The van der Waals surface area contributed by atoms with E-state index in [0.717, 1.165) is 32.4 Å². The molecule has 0 unspecified atom stereocenters. The minimum atomic E-state index is -0.394. The van der Waals surface area contributed by atoms with Gasteiger partial charge in [0.1, 0.15) is 0 Å². The Balaban J connectivity index is 1.67. The molecule has 1 spiro atoms. The molecule has 2 fully saturated rings. The summed E-state index contributed by atoms with van der Waals surface area (Å²) < 4.78 is 0. The number of amides is 1. The number of hydrogen-bond acceptors (Lipinski definition) is 5. The van der Waals surface area contributed by atoms with Crippen LogP contribution in [0.25, 0.3) is 10.8 Å². The van der Waals surface area contributed by atoms with Gasteiger partial charge >= 0.3 is 0 Å². The third-order valence-corrected chi connectivity index (χ3v) is 5.87. The quantitative estimate of drug-likeness (QED) is 0.790. The standard InChI is InChI=1S/C19H24N4O3/c1-22-10-7-15(24)19(11-22)8-4-9-23(12-19)18(26)16-13-5-2-3-6-14(13)17(25)21-20-16/h2-3,5-6,15,24H,4,7-12H2,1H3,(H,21,25)/t15-,19-/m0/s1. The van der Waals surface area contributed by atoms with Crippen molar-refractivity contribution in [3.63, 3.8) is 0 Å².